The summed E-state index contributed by atoms with van der Waals surface area (Å²) in [6.45, 7) is 4.47. The van der Waals surface area contributed by atoms with Crippen LogP contribution in [-0.2, 0) is 19.1 Å². The number of carboxylic acid groups (broad SMARTS) is 2. The SMILES string of the molecule is CCCCCCCCCCCCCCCCC(CCCCCCCCCCC)OC(=O)CC(O)(CC(=O)O)C(=O)O. The van der Waals surface area contributed by atoms with E-state index in [2.05, 4.69) is 13.8 Å². The molecule has 3 N–H and O–H groups in total. The van der Waals surface area contributed by atoms with Gasteiger partial charge in [-0.2, -0.15) is 0 Å². The molecule has 2 atom stereocenters. The van der Waals surface area contributed by atoms with Gasteiger partial charge in [0.2, 0.25) is 0 Å². The summed E-state index contributed by atoms with van der Waals surface area (Å²) in [4.78, 5) is 35.0. The van der Waals surface area contributed by atoms with Gasteiger partial charge in [-0.25, -0.2) is 4.79 Å². The van der Waals surface area contributed by atoms with Crippen molar-refractivity contribution < 1.29 is 34.4 Å². The Morgan fingerprint density at radius 3 is 1.15 bits per heavy atom. The zero-order valence-electron chi connectivity index (χ0n) is 26.6. The van der Waals surface area contributed by atoms with Gasteiger partial charge in [0.15, 0.2) is 5.60 Å². The lowest BCUT2D eigenvalue weighted by Gasteiger charge is -2.23. The zero-order chi connectivity index (χ0) is 30.6. The van der Waals surface area contributed by atoms with E-state index in [4.69, 9.17) is 9.84 Å². The van der Waals surface area contributed by atoms with Crippen LogP contribution >= 0.6 is 0 Å². The number of aliphatic hydroxyl groups is 1. The van der Waals surface area contributed by atoms with Crippen molar-refractivity contribution in [2.45, 2.75) is 199 Å². The van der Waals surface area contributed by atoms with E-state index in [-0.39, 0.29) is 6.10 Å². The monoisotopic (exact) mass is 584 g/mol. The molecular formula is C34H64O7. The minimum Gasteiger partial charge on any atom is -0.481 e. The molecule has 0 aromatic rings. The highest BCUT2D eigenvalue weighted by Crippen LogP contribution is 2.22. The highest BCUT2D eigenvalue weighted by atomic mass is 16.5. The first-order valence-corrected chi connectivity index (χ1v) is 17.1. The van der Waals surface area contributed by atoms with Crippen molar-refractivity contribution in [1.29, 1.82) is 0 Å². The molecule has 7 nitrogen and oxygen atoms in total. The number of carbonyl (C=O) groups is 3. The van der Waals surface area contributed by atoms with Gasteiger partial charge in [0.25, 0.3) is 0 Å². The van der Waals surface area contributed by atoms with Gasteiger partial charge in [0.1, 0.15) is 6.10 Å². The summed E-state index contributed by atoms with van der Waals surface area (Å²) in [5.41, 5.74) is -2.65. The van der Waals surface area contributed by atoms with Crippen LogP contribution in [0, 0.1) is 0 Å². The smallest absolute Gasteiger partial charge is 0.336 e. The molecule has 41 heavy (non-hydrogen) atoms. The molecule has 2 unspecified atom stereocenters. The maximum atomic E-state index is 12.5. The number of rotatable bonds is 31. The second-order valence-corrected chi connectivity index (χ2v) is 12.2. The molecule has 0 spiro atoms. The number of carboxylic acids is 2. The van der Waals surface area contributed by atoms with Gasteiger partial charge in [-0.05, 0) is 25.7 Å². The summed E-state index contributed by atoms with van der Waals surface area (Å²) in [5.74, 6) is -4.04. The summed E-state index contributed by atoms with van der Waals surface area (Å²) in [7, 11) is 0. The Hall–Kier alpha value is -1.63. The van der Waals surface area contributed by atoms with Crippen molar-refractivity contribution in [3.63, 3.8) is 0 Å². The van der Waals surface area contributed by atoms with Crippen LogP contribution in [-0.4, -0.2) is 44.9 Å². The van der Waals surface area contributed by atoms with Gasteiger partial charge in [0, 0.05) is 0 Å². The quantitative estimate of drug-likeness (QED) is 0.0548. The summed E-state index contributed by atoms with van der Waals surface area (Å²) in [6.07, 6.45) is 27.8. The Labute approximate surface area is 251 Å². The fourth-order valence-electron chi connectivity index (χ4n) is 5.44. The molecule has 0 aromatic carbocycles. The average molecular weight is 585 g/mol. The molecule has 0 saturated heterocycles. The van der Waals surface area contributed by atoms with Gasteiger partial charge >= 0.3 is 17.9 Å². The molecule has 0 aliphatic rings. The minimum atomic E-state index is -2.65. The molecule has 0 saturated carbocycles. The molecule has 0 heterocycles. The van der Waals surface area contributed by atoms with Gasteiger partial charge in [0.05, 0.1) is 12.8 Å². The number of hydrogen-bond donors (Lipinski definition) is 3. The van der Waals surface area contributed by atoms with Crippen molar-refractivity contribution in [3.8, 4) is 0 Å². The topological polar surface area (TPSA) is 121 Å². The number of unbranched alkanes of at least 4 members (excludes halogenated alkanes) is 21. The fourth-order valence-corrected chi connectivity index (χ4v) is 5.44. The lowest BCUT2D eigenvalue weighted by Crippen LogP contribution is -2.43. The Balaban J connectivity index is 4.36. The normalized spacial score (nSPS) is 13.5. The van der Waals surface area contributed by atoms with Crippen LogP contribution in [0.5, 0.6) is 0 Å². The predicted octanol–water partition coefficient (Wildman–Crippen LogP) is 9.37. The largest absolute Gasteiger partial charge is 0.481 e. The Bertz CT molecular complexity index is 651. The molecule has 0 aliphatic carbocycles. The average Bonchev–Trinajstić information content (AvgIpc) is 2.91. The van der Waals surface area contributed by atoms with Crippen LogP contribution in [0.2, 0.25) is 0 Å². The van der Waals surface area contributed by atoms with Crippen molar-refractivity contribution in [2.24, 2.45) is 0 Å². The molecule has 0 radical (unpaired) electrons. The van der Waals surface area contributed by atoms with Crippen molar-refractivity contribution in [3.05, 3.63) is 0 Å². The fraction of sp³-hybridized carbons (Fsp3) is 0.912. The predicted molar refractivity (Wildman–Crippen MR) is 166 cm³/mol. The van der Waals surface area contributed by atoms with E-state index in [0.717, 1.165) is 38.5 Å². The van der Waals surface area contributed by atoms with Gasteiger partial charge in [-0.3, -0.25) is 9.59 Å². The van der Waals surface area contributed by atoms with E-state index in [1.165, 1.54) is 109 Å². The molecule has 0 fully saturated rings. The van der Waals surface area contributed by atoms with Crippen molar-refractivity contribution in [2.75, 3.05) is 0 Å². The summed E-state index contributed by atoms with van der Waals surface area (Å²) < 4.78 is 5.61. The van der Waals surface area contributed by atoms with Gasteiger partial charge in [-0.15, -0.1) is 0 Å². The lowest BCUT2D eigenvalue weighted by molar-refractivity contribution is -0.173. The molecule has 242 valence electrons. The molecule has 0 amide bonds. The number of carbonyl (C=O) groups excluding carboxylic acids is 1. The van der Waals surface area contributed by atoms with Crippen LogP contribution < -0.4 is 0 Å². The highest BCUT2D eigenvalue weighted by molar-refractivity contribution is 5.88. The second-order valence-electron chi connectivity index (χ2n) is 12.2. The molecule has 0 bridgehead atoms. The van der Waals surface area contributed by atoms with E-state index < -0.39 is 36.4 Å². The third-order valence-electron chi connectivity index (χ3n) is 8.09. The lowest BCUT2D eigenvalue weighted by atomic mass is 9.95. The molecule has 7 heteroatoms. The Morgan fingerprint density at radius 1 is 0.537 bits per heavy atom. The molecule has 0 rings (SSSR count). The molecule has 0 aromatic heterocycles. The summed E-state index contributed by atoms with van der Waals surface area (Å²) in [5, 5.41) is 28.5. The van der Waals surface area contributed by atoms with E-state index in [0.29, 0.717) is 12.8 Å². The number of esters is 1. The van der Waals surface area contributed by atoms with Crippen molar-refractivity contribution in [1.82, 2.24) is 0 Å². The van der Waals surface area contributed by atoms with Crippen LogP contribution in [0.1, 0.15) is 187 Å². The van der Waals surface area contributed by atoms with E-state index in [1.807, 2.05) is 0 Å². The second kappa shape index (κ2) is 27.2. The first-order chi connectivity index (χ1) is 19.7. The molecular weight excluding hydrogens is 520 g/mol. The number of ether oxygens (including phenoxy) is 1. The van der Waals surface area contributed by atoms with E-state index >= 15 is 0 Å². The van der Waals surface area contributed by atoms with Crippen LogP contribution in [0.3, 0.4) is 0 Å². The zero-order valence-corrected chi connectivity index (χ0v) is 26.6. The van der Waals surface area contributed by atoms with Gasteiger partial charge < -0.3 is 20.1 Å². The van der Waals surface area contributed by atoms with Crippen molar-refractivity contribution >= 4 is 17.9 Å². The standard InChI is InChI=1S/C34H64O7/c1-3-5-7-9-11-13-14-15-16-17-19-21-23-25-27-30(26-24-22-20-18-12-10-8-6-4-2)41-32(37)29-34(40,33(38)39)28-31(35)36/h30,40H,3-29H2,1-2H3,(H,35,36)(H,38,39). The summed E-state index contributed by atoms with van der Waals surface area (Å²) in [6, 6.07) is 0. The third kappa shape index (κ3) is 24.7. The first-order valence-electron chi connectivity index (χ1n) is 17.1. The van der Waals surface area contributed by atoms with E-state index in [9.17, 15) is 24.6 Å². The maximum Gasteiger partial charge on any atom is 0.336 e. The van der Waals surface area contributed by atoms with Crippen LogP contribution in [0.4, 0.5) is 0 Å². The van der Waals surface area contributed by atoms with E-state index in [1.54, 1.807) is 0 Å². The van der Waals surface area contributed by atoms with Crippen LogP contribution in [0.15, 0.2) is 0 Å². The molecule has 0 aliphatic heterocycles. The number of hydrogen-bond acceptors (Lipinski definition) is 5. The third-order valence-corrected chi connectivity index (χ3v) is 8.09. The van der Waals surface area contributed by atoms with Crippen LogP contribution in [0.25, 0.3) is 0 Å². The number of aliphatic carboxylic acids is 2. The minimum absolute atomic E-state index is 0.327. The summed E-state index contributed by atoms with van der Waals surface area (Å²) >= 11 is 0. The Kier molecular flexibility index (Phi) is 26.1. The van der Waals surface area contributed by atoms with Gasteiger partial charge in [-0.1, -0.05) is 149 Å². The maximum absolute atomic E-state index is 12.5. The highest BCUT2D eigenvalue weighted by Gasteiger charge is 2.41. The first kappa shape index (κ1) is 39.4. The Morgan fingerprint density at radius 2 is 0.854 bits per heavy atom.